The standard InChI is InChI=1S/C26H26Cl2F3N7O2/c1-2-37(24(39)21-7-4-10-33-21)22-13-38(36-23(22)16-8-9-19(27)20(28)11-16)25(34-15-32)35-17-5-3-6-18(12-17)40-14-26(29,30)31/h3,5-6,8-9,11-12,21-22,33H,2,4,7,10,13-14H2,1H3,(H,34,35). The van der Waals surface area contributed by atoms with E-state index in [9.17, 15) is 23.2 Å². The maximum atomic E-state index is 13.5. The van der Waals surface area contributed by atoms with Crippen LogP contribution in [0.15, 0.2) is 52.6 Å². The van der Waals surface area contributed by atoms with Crippen molar-refractivity contribution in [3.63, 3.8) is 0 Å². The van der Waals surface area contributed by atoms with E-state index in [1.54, 1.807) is 29.2 Å². The molecule has 212 valence electrons. The number of rotatable bonds is 7. The van der Waals surface area contributed by atoms with Gasteiger partial charge < -0.3 is 15.0 Å². The summed E-state index contributed by atoms with van der Waals surface area (Å²) in [4.78, 5) is 19.6. The minimum atomic E-state index is -4.50. The number of alkyl halides is 3. The van der Waals surface area contributed by atoms with E-state index >= 15 is 0 Å². The van der Waals surface area contributed by atoms with Gasteiger partial charge in [-0.1, -0.05) is 35.3 Å². The summed E-state index contributed by atoms with van der Waals surface area (Å²) in [6.45, 7) is 1.72. The number of carbonyl (C=O) groups is 1. The highest BCUT2D eigenvalue weighted by molar-refractivity contribution is 6.42. The van der Waals surface area contributed by atoms with Gasteiger partial charge in [-0.2, -0.15) is 23.5 Å². The number of amides is 1. The summed E-state index contributed by atoms with van der Waals surface area (Å²) in [6, 6.07) is 9.91. The first-order chi connectivity index (χ1) is 19.1. The fourth-order valence-electron chi connectivity index (χ4n) is 4.53. The van der Waals surface area contributed by atoms with Crippen molar-refractivity contribution >= 4 is 46.5 Å². The molecule has 0 bridgehead atoms. The van der Waals surface area contributed by atoms with Gasteiger partial charge in [0.15, 0.2) is 12.8 Å². The third kappa shape index (κ3) is 7.15. The van der Waals surface area contributed by atoms with Gasteiger partial charge in [0.25, 0.3) is 0 Å². The fourth-order valence-corrected chi connectivity index (χ4v) is 4.83. The molecular formula is C26H26Cl2F3N7O2. The van der Waals surface area contributed by atoms with Crippen LogP contribution in [-0.4, -0.2) is 72.0 Å². The zero-order valence-corrected chi connectivity index (χ0v) is 22.9. The summed E-state index contributed by atoms with van der Waals surface area (Å²) in [6.07, 6.45) is -1.06. The van der Waals surface area contributed by atoms with Crippen LogP contribution in [0.25, 0.3) is 0 Å². The Kier molecular flexibility index (Phi) is 9.40. The second-order valence-corrected chi connectivity index (χ2v) is 9.87. The van der Waals surface area contributed by atoms with Crippen LogP contribution in [0.1, 0.15) is 25.3 Å². The molecule has 2 unspecified atom stereocenters. The van der Waals surface area contributed by atoms with E-state index in [0.717, 1.165) is 19.4 Å². The molecule has 1 fully saturated rings. The zero-order chi connectivity index (χ0) is 28.9. The molecule has 14 heteroatoms. The van der Waals surface area contributed by atoms with Gasteiger partial charge in [-0.3, -0.25) is 10.1 Å². The summed E-state index contributed by atoms with van der Waals surface area (Å²) in [5.41, 5.74) is 1.37. The lowest BCUT2D eigenvalue weighted by Gasteiger charge is -2.31. The number of ether oxygens (including phenoxy) is 1. The number of hydrogen-bond donors (Lipinski definition) is 2. The molecule has 0 saturated carbocycles. The van der Waals surface area contributed by atoms with Gasteiger partial charge >= 0.3 is 6.18 Å². The number of likely N-dealkylation sites (N-methyl/N-ethyl adjacent to an activating group) is 1. The van der Waals surface area contributed by atoms with Gasteiger partial charge in [0.1, 0.15) is 5.75 Å². The zero-order valence-electron chi connectivity index (χ0n) is 21.4. The van der Waals surface area contributed by atoms with Crippen molar-refractivity contribution in [3.8, 4) is 11.9 Å². The first kappa shape index (κ1) is 29.5. The van der Waals surface area contributed by atoms with E-state index in [0.29, 0.717) is 27.9 Å². The second-order valence-electron chi connectivity index (χ2n) is 9.06. The van der Waals surface area contributed by atoms with Gasteiger partial charge in [-0.15, -0.1) is 0 Å². The molecule has 2 aliphatic heterocycles. The number of nitrogens with zero attached hydrogens (tertiary/aromatic N) is 5. The molecule has 2 N–H and O–H groups in total. The van der Waals surface area contributed by atoms with Gasteiger partial charge in [-0.25, -0.2) is 10.0 Å². The van der Waals surface area contributed by atoms with Gasteiger partial charge in [0.2, 0.25) is 11.9 Å². The summed E-state index contributed by atoms with van der Waals surface area (Å²) < 4.78 is 42.6. The van der Waals surface area contributed by atoms with Crippen molar-refractivity contribution in [1.29, 1.82) is 5.26 Å². The number of nitrogens with one attached hydrogen (secondary N) is 2. The second kappa shape index (κ2) is 12.8. The van der Waals surface area contributed by atoms with E-state index in [2.05, 4.69) is 15.6 Å². The summed E-state index contributed by atoms with van der Waals surface area (Å²) in [7, 11) is 0. The smallest absolute Gasteiger partial charge is 0.422 e. The molecule has 0 aliphatic carbocycles. The molecule has 2 aliphatic rings. The topological polar surface area (TPSA) is 105 Å². The maximum Gasteiger partial charge on any atom is 0.422 e. The molecule has 2 atom stereocenters. The van der Waals surface area contributed by atoms with Crippen LogP contribution in [-0.2, 0) is 4.79 Å². The molecule has 0 radical (unpaired) electrons. The molecule has 9 nitrogen and oxygen atoms in total. The number of aliphatic imine (C=N–C) groups is 1. The lowest BCUT2D eigenvalue weighted by atomic mass is 10.0. The highest BCUT2D eigenvalue weighted by Crippen LogP contribution is 2.28. The quantitative estimate of drug-likeness (QED) is 0.208. The Hall–Kier alpha value is -3.53. The number of hydrazone groups is 1. The number of benzene rings is 2. The van der Waals surface area contributed by atoms with Crippen molar-refractivity contribution in [1.82, 2.24) is 20.5 Å². The number of guanidine groups is 1. The molecule has 1 saturated heterocycles. The predicted molar refractivity (Wildman–Crippen MR) is 146 cm³/mol. The normalized spacial score (nSPS) is 19.3. The number of nitriles is 1. The van der Waals surface area contributed by atoms with E-state index in [-0.39, 0.29) is 35.9 Å². The Morgan fingerprint density at radius 1 is 1.30 bits per heavy atom. The van der Waals surface area contributed by atoms with Crippen molar-refractivity contribution in [2.75, 3.05) is 26.2 Å². The predicted octanol–water partition coefficient (Wildman–Crippen LogP) is 4.68. The molecule has 0 aromatic heterocycles. The molecule has 4 rings (SSSR count). The van der Waals surface area contributed by atoms with Crippen LogP contribution in [0.4, 0.5) is 18.9 Å². The molecule has 2 aromatic rings. The van der Waals surface area contributed by atoms with E-state index in [4.69, 9.17) is 33.0 Å². The van der Waals surface area contributed by atoms with E-state index < -0.39 is 18.8 Å². The first-order valence-electron chi connectivity index (χ1n) is 12.5. The summed E-state index contributed by atoms with van der Waals surface area (Å²) in [5, 5.41) is 22.0. The summed E-state index contributed by atoms with van der Waals surface area (Å²) in [5.74, 6) is -0.0973. The highest BCUT2D eigenvalue weighted by Gasteiger charge is 2.39. The van der Waals surface area contributed by atoms with Gasteiger partial charge in [0, 0.05) is 18.2 Å². The molecule has 40 heavy (non-hydrogen) atoms. The molecular weight excluding hydrogens is 570 g/mol. The van der Waals surface area contributed by atoms with E-state index in [1.807, 2.05) is 13.1 Å². The highest BCUT2D eigenvalue weighted by atomic mass is 35.5. The van der Waals surface area contributed by atoms with Crippen molar-refractivity contribution in [2.45, 2.75) is 38.0 Å². The third-order valence-electron chi connectivity index (χ3n) is 6.33. The summed E-state index contributed by atoms with van der Waals surface area (Å²) >= 11 is 12.4. The monoisotopic (exact) mass is 595 g/mol. The van der Waals surface area contributed by atoms with Crippen LogP contribution in [0.5, 0.6) is 5.75 Å². The average molecular weight is 596 g/mol. The first-order valence-corrected chi connectivity index (χ1v) is 13.2. The van der Waals surface area contributed by atoms with Crippen LogP contribution in [0.3, 0.4) is 0 Å². The largest absolute Gasteiger partial charge is 0.484 e. The minimum Gasteiger partial charge on any atom is -0.484 e. The number of halogens is 5. The maximum absolute atomic E-state index is 13.5. The SMILES string of the molecule is CCN(C(=O)C1CCCN1)C1CN(C(=Nc2cccc(OCC(F)(F)F)c2)NC#N)N=C1c1ccc(Cl)c(Cl)c1. The van der Waals surface area contributed by atoms with Crippen LogP contribution in [0.2, 0.25) is 10.0 Å². The lowest BCUT2D eigenvalue weighted by molar-refractivity contribution is -0.153. The molecule has 2 aromatic carbocycles. The van der Waals surface area contributed by atoms with Crippen LogP contribution >= 0.6 is 23.2 Å². The van der Waals surface area contributed by atoms with Gasteiger partial charge in [0.05, 0.1) is 40.1 Å². The Labute approximate surface area is 239 Å². The average Bonchev–Trinajstić information content (AvgIpc) is 3.60. The Morgan fingerprint density at radius 2 is 2.10 bits per heavy atom. The number of hydrogen-bond acceptors (Lipinski definition) is 6. The van der Waals surface area contributed by atoms with E-state index in [1.165, 1.54) is 23.2 Å². The fraction of sp³-hybridized carbons (Fsp3) is 0.385. The van der Waals surface area contributed by atoms with Crippen molar-refractivity contribution in [3.05, 3.63) is 58.1 Å². The molecule has 2 heterocycles. The third-order valence-corrected chi connectivity index (χ3v) is 7.07. The molecule has 1 amide bonds. The van der Waals surface area contributed by atoms with Crippen molar-refractivity contribution in [2.24, 2.45) is 10.1 Å². The molecule has 0 spiro atoms. The Morgan fingerprint density at radius 3 is 2.75 bits per heavy atom. The van der Waals surface area contributed by atoms with Gasteiger partial charge in [-0.05, 0) is 50.6 Å². The lowest BCUT2D eigenvalue weighted by Crippen LogP contribution is -2.53. The van der Waals surface area contributed by atoms with Crippen LogP contribution < -0.4 is 15.4 Å². The Bertz CT molecular complexity index is 1340. The number of carbonyl (C=O) groups excluding carboxylic acids is 1. The van der Waals surface area contributed by atoms with Crippen LogP contribution in [0, 0.1) is 11.5 Å². The Balaban J connectivity index is 1.69. The van der Waals surface area contributed by atoms with Crippen molar-refractivity contribution < 1.29 is 22.7 Å². The minimum absolute atomic E-state index is 0.0121.